The molecule has 5 heteroatoms. The Labute approximate surface area is 88.2 Å². The minimum atomic E-state index is -2.81. The van der Waals surface area contributed by atoms with Crippen LogP contribution in [0.25, 0.3) is 0 Å². The maximum Gasteiger partial charge on any atom is 0.311 e. The van der Waals surface area contributed by atoms with E-state index in [0.29, 0.717) is 0 Å². The molecule has 0 saturated carbocycles. The van der Waals surface area contributed by atoms with E-state index >= 15 is 0 Å². The fourth-order valence-corrected chi connectivity index (χ4v) is 1.33. The zero-order chi connectivity index (χ0) is 11.7. The third-order valence-corrected chi connectivity index (χ3v) is 2.26. The summed E-state index contributed by atoms with van der Waals surface area (Å²) in [6.07, 6.45) is -0.260. The van der Waals surface area contributed by atoms with Crippen LogP contribution in [-0.2, 0) is 9.53 Å². The summed E-state index contributed by atoms with van der Waals surface area (Å²) in [5.41, 5.74) is -0.575. The number of hydrogen-bond donors (Lipinski definition) is 1. The molecule has 0 radical (unpaired) electrons. The molecule has 1 atom stereocenters. The molecule has 1 rings (SSSR count). The van der Waals surface area contributed by atoms with Crippen molar-refractivity contribution in [1.82, 2.24) is 5.32 Å². The molecule has 0 aromatic heterocycles. The lowest BCUT2D eigenvalue weighted by Gasteiger charge is -2.18. The van der Waals surface area contributed by atoms with Crippen LogP contribution in [0.5, 0.6) is 0 Å². The lowest BCUT2D eigenvalue weighted by Crippen LogP contribution is -2.28. The Morgan fingerprint density at radius 1 is 1.53 bits per heavy atom. The van der Waals surface area contributed by atoms with E-state index in [-0.39, 0.29) is 31.5 Å². The van der Waals surface area contributed by atoms with E-state index in [1.807, 2.05) is 0 Å². The molecule has 15 heavy (non-hydrogen) atoms. The van der Waals surface area contributed by atoms with Crippen LogP contribution in [0, 0.1) is 11.3 Å². The third-order valence-electron chi connectivity index (χ3n) is 2.26. The first-order valence-electron chi connectivity index (χ1n) is 5.01. The monoisotopic (exact) mass is 221 g/mol. The summed E-state index contributed by atoms with van der Waals surface area (Å²) in [7, 11) is 0. The molecular formula is C10H17F2NO2. The second-order valence-electron chi connectivity index (χ2n) is 5.00. The Balaban J connectivity index is 2.31. The average Bonchev–Trinajstić information content (AvgIpc) is 2.39. The molecule has 1 fully saturated rings. The van der Waals surface area contributed by atoms with Gasteiger partial charge in [0.15, 0.2) is 0 Å². The molecule has 1 N–H and O–H groups in total. The SMILES string of the molecule is CC(C)(C)C(=O)OC[C@@H]1CNC(F)(F)C1. The van der Waals surface area contributed by atoms with Gasteiger partial charge in [0.25, 0.3) is 0 Å². The molecular weight excluding hydrogens is 204 g/mol. The average molecular weight is 221 g/mol. The van der Waals surface area contributed by atoms with Gasteiger partial charge in [-0.25, -0.2) is 0 Å². The van der Waals surface area contributed by atoms with Crippen molar-refractivity contribution in [3.63, 3.8) is 0 Å². The molecule has 1 aliphatic rings. The van der Waals surface area contributed by atoms with E-state index in [2.05, 4.69) is 5.32 Å². The van der Waals surface area contributed by atoms with Gasteiger partial charge in [-0.3, -0.25) is 10.1 Å². The number of rotatable bonds is 2. The van der Waals surface area contributed by atoms with Crippen LogP contribution in [0.15, 0.2) is 0 Å². The van der Waals surface area contributed by atoms with Crippen LogP contribution in [0.2, 0.25) is 0 Å². The summed E-state index contributed by atoms with van der Waals surface area (Å²) in [4.78, 5) is 11.4. The number of ether oxygens (including phenoxy) is 1. The summed E-state index contributed by atoms with van der Waals surface area (Å²) >= 11 is 0. The van der Waals surface area contributed by atoms with Crippen LogP contribution in [0.4, 0.5) is 8.78 Å². The fourth-order valence-electron chi connectivity index (χ4n) is 1.33. The van der Waals surface area contributed by atoms with Crippen LogP contribution < -0.4 is 5.32 Å². The van der Waals surface area contributed by atoms with Crippen molar-refractivity contribution in [1.29, 1.82) is 0 Å². The summed E-state index contributed by atoms with van der Waals surface area (Å²) in [5.74, 6) is -0.635. The number of esters is 1. The lowest BCUT2D eigenvalue weighted by molar-refractivity contribution is -0.154. The maximum atomic E-state index is 12.7. The summed E-state index contributed by atoms with van der Waals surface area (Å²) in [6, 6.07) is -2.81. The van der Waals surface area contributed by atoms with Gasteiger partial charge in [0.1, 0.15) is 0 Å². The van der Waals surface area contributed by atoms with Crippen molar-refractivity contribution in [2.45, 2.75) is 33.2 Å². The van der Waals surface area contributed by atoms with E-state index in [4.69, 9.17) is 4.74 Å². The number of carbonyl (C=O) groups excluding carboxylic acids is 1. The van der Waals surface area contributed by atoms with Crippen LogP contribution in [-0.4, -0.2) is 25.2 Å². The van der Waals surface area contributed by atoms with Gasteiger partial charge in [0.2, 0.25) is 0 Å². The zero-order valence-corrected chi connectivity index (χ0v) is 9.27. The highest BCUT2D eigenvalue weighted by molar-refractivity contribution is 5.75. The Morgan fingerprint density at radius 2 is 2.13 bits per heavy atom. The third kappa shape index (κ3) is 3.74. The number of alkyl halides is 2. The summed E-state index contributed by atoms with van der Waals surface area (Å²) in [6.45, 7) is 5.47. The first kappa shape index (κ1) is 12.4. The molecule has 1 aliphatic heterocycles. The van der Waals surface area contributed by atoms with Crippen molar-refractivity contribution in [3.05, 3.63) is 0 Å². The van der Waals surface area contributed by atoms with Crippen molar-refractivity contribution in [2.75, 3.05) is 13.2 Å². The van der Waals surface area contributed by atoms with Gasteiger partial charge >= 0.3 is 12.0 Å². The van der Waals surface area contributed by atoms with Gasteiger partial charge in [-0.15, -0.1) is 0 Å². The van der Waals surface area contributed by atoms with E-state index < -0.39 is 11.5 Å². The molecule has 0 unspecified atom stereocenters. The number of nitrogens with one attached hydrogen (secondary N) is 1. The van der Waals surface area contributed by atoms with Gasteiger partial charge in [0.05, 0.1) is 12.0 Å². The predicted octanol–water partition coefficient (Wildman–Crippen LogP) is 1.78. The summed E-state index contributed by atoms with van der Waals surface area (Å²) in [5, 5.41) is 2.08. The minimum absolute atomic E-state index is 0.0681. The zero-order valence-electron chi connectivity index (χ0n) is 9.27. The Kier molecular flexibility index (Phi) is 3.33. The molecule has 88 valence electrons. The number of halogens is 2. The van der Waals surface area contributed by atoms with E-state index in [0.717, 1.165) is 0 Å². The predicted molar refractivity (Wildman–Crippen MR) is 51.5 cm³/mol. The van der Waals surface area contributed by atoms with Gasteiger partial charge < -0.3 is 4.74 Å². The molecule has 0 aliphatic carbocycles. The maximum absolute atomic E-state index is 12.7. The van der Waals surface area contributed by atoms with E-state index in [1.165, 1.54) is 0 Å². The smallest absolute Gasteiger partial charge is 0.311 e. The minimum Gasteiger partial charge on any atom is -0.465 e. The van der Waals surface area contributed by atoms with Crippen LogP contribution >= 0.6 is 0 Å². The highest BCUT2D eigenvalue weighted by Crippen LogP contribution is 2.27. The summed E-state index contributed by atoms with van der Waals surface area (Å²) < 4.78 is 30.4. The fraction of sp³-hybridized carbons (Fsp3) is 0.900. The molecule has 1 heterocycles. The molecule has 0 aromatic rings. The number of hydrogen-bond acceptors (Lipinski definition) is 3. The largest absolute Gasteiger partial charge is 0.465 e. The molecule has 0 aromatic carbocycles. The molecule has 0 spiro atoms. The van der Waals surface area contributed by atoms with E-state index in [9.17, 15) is 13.6 Å². The number of carbonyl (C=O) groups is 1. The van der Waals surface area contributed by atoms with Gasteiger partial charge in [0, 0.05) is 18.9 Å². The van der Waals surface area contributed by atoms with Gasteiger partial charge in [-0.1, -0.05) is 0 Å². The Morgan fingerprint density at radius 3 is 2.53 bits per heavy atom. The van der Waals surface area contributed by atoms with Crippen molar-refractivity contribution in [3.8, 4) is 0 Å². The normalized spacial score (nSPS) is 25.3. The van der Waals surface area contributed by atoms with Gasteiger partial charge in [-0.05, 0) is 20.8 Å². The van der Waals surface area contributed by atoms with E-state index in [1.54, 1.807) is 20.8 Å². The molecule has 0 bridgehead atoms. The Bertz CT molecular complexity index is 248. The topological polar surface area (TPSA) is 38.3 Å². The second-order valence-corrected chi connectivity index (χ2v) is 5.00. The Hall–Kier alpha value is -0.710. The highest BCUT2D eigenvalue weighted by atomic mass is 19.3. The van der Waals surface area contributed by atoms with Crippen molar-refractivity contribution < 1.29 is 18.3 Å². The quantitative estimate of drug-likeness (QED) is 0.570. The first-order chi connectivity index (χ1) is 6.71. The highest BCUT2D eigenvalue weighted by Gasteiger charge is 2.39. The molecule has 3 nitrogen and oxygen atoms in total. The second kappa shape index (κ2) is 4.04. The van der Waals surface area contributed by atoms with Gasteiger partial charge in [-0.2, -0.15) is 8.78 Å². The molecule has 0 amide bonds. The van der Waals surface area contributed by atoms with Crippen molar-refractivity contribution in [2.24, 2.45) is 11.3 Å². The van der Waals surface area contributed by atoms with Crippen LogP contribution in [0.1, 0.15) is 27.2 Å². The first-order valence-corrected chi connectivity index (χ1v) is 5.01. The molecule has 1 saturated heterocycles. The standard InChI is InChI=1S/C10H17F2NO2/c1-9(2,3)8(14)15-6-7-4-10(11,12)13-5-7/h7,13H,4-6H2,1-3H3/t7-/m0/s1. The van der Waals surface area contributed by atoms with Crippen LogP contribution in [0.3, 0.4) is 0 Å². The lowest BCUT2D eigenvalue weighted by atomic mass is 9.97. The van der Waals surface area contributed by atoms with Crippen molar-refractivity contribution >= 4 is 5.97 Å².